The normalized spacial score (nSPS) is 11.6. The quantitative estimate of drug-likeness (QED) is 0.561. The van der Waals surface area contributed by atoms with Crippen LogP contribution in [0.1, 0.15) is 21.5 Å². The van der Waals surface area contributed by atoms with Gasteiger partial charge in [0.1, 0.15) is 6.07 Å². The van der Waals surface area contributed by atoms with E-state index in [9.17, 15) is 10.1 Å². The number of ketones is 1. The second kappa shape index (κ2) is 5.57. The van der Waals surface area contributed by atoms with Crippen molar-refractivity contribution in [3.05, 3.63) is 71.4 Å². The number of benzene rings is 2. The smallest absolute Gasteiger partial charge is 0.196 e. The van der Waals surface area contributed by atoms with Gasteiger partial charge >= 0.3 is 0 Å². The Kier molecular flexibility index (Phi) is 3.36. The summed E-state index contributed by atoms with van der Waals surface area (Å²) in [6, 6.07) is 17.5. The Labute approximate surface area is 146 Å². The van der Waals surface area contributed by atoms with Crippen molar-refractivity contribution < 1.29 is 4.79 Å². The summed E-state index contributed by atoms with van der Waals surface area (Å²) in [7, 11) is 3.94. The zero-order valence-electron chi connectivity index (χ0n) is 13.9. The summed E-state index contributed by atoms with van der Waals surface area (Å²) in [5, 5.41) is 9.55. The zero-order valence-corrected chi connectivity index (χ0v) is 13.9. The van der Waals surface area contributed by atoms with E-state index in [1.807, 2.05) is 67.5 Å². The minimum atomic E-state index is -0.0677. The third-order valence-corrected chi connectivity index (χ3v) is 4.53. The van der Waals surface area contributed by atoms with Crippen molar-refractivity contribution in [3.8, 4) is 28.5 Å². The third kappa shape index (κ3) is 2.21. The highest BCUT2D eigenvalue weighted by molar-refractivity contribution is 6.24. The van der Waals surface area contributed by atoms with Gasteiger partial charge in [-0.25, -0.2) is 0 Å². The van der Waals surface area contributed by atoms with E-state index in [0.29, 0.717) is 27.9 Å². The lowest BCUT2D eigenvalue weighted by molar-refractivity contribution is 0.104. The van der Waals surface area contributed by atoms with Crippen LogP contribution in [0.3, 0.4) is 0 Å². The zero-order chi connectivity index (χ0) is 17.6. The Bertz CT molecular complexity index is 1040. The van der Waals surface area contributed by atoms with Crippen LogP contribution in [-0.4, -0.2) is 24.9 Å². The molecule has 1 aliphatic carbocycles. The summed E-state index contributed by atoms with van der Waals surface area (Å²) in [6.07, 6.45) is 1.56. The molecule has 1 aliphatic rings. The Morgan fingerprint density at radius 1 is 0.960 bits per heavy atom. The summed E-state index contributed by atoms with van der Waals surface area (Å²) in [4.78, 5) is 19.4. The number of carbonyl (C=O) groups excluding carboxylic acids is 1. The molecule has 2 aromatic carbocycles. The minimum absolute atomic E-state index is 0.0677. The van der Waals surface area contributed by atoms with Crippen molar-refractivity contribution in [2.45, 2.75) is 0 Å². The predicted molar refractivity (Wildman–Crippen MR) is 97.6 cm³/mol. The summed E-state index contributed by atoms with van der Waals surface area (Å²) in [5.41, 5.74) is 5.65. The van der Waals surface area contributed by atoms with Crippen LogP contribution in [0.25, 0.3) is 22.4 Å². The first-order valence-corrected chi connectivity index (χ1v) is 7.96. The number of rotatable bonds is 2. The van der Waals surface area contributed by atoms with Crippen LogP contribution in [-0.2, 0) is 0 Å². The molecule has 4 nitrogen and oxygen atoms in total. The second-order valence-electron chi connectivity index (χ2n) is 6.20. The topological polar surface area (TPSA) is 57.0 Å². The Balaban J connectivity index is 1.98. The van der Waals surface area contributed by atoms with Gasteiger partial charge in [0.25, 0.3) is 0 Å². The number of aromatic nitrogens is 1. The molecule has 0 N–H and O–H groups in total. The number of carbonyl (C=O) groups is 1. The number of pyridine rings is 1. The number of nitrogens with zero attached hydrogens (tertiary/aromatic N) is 3. The summed E-state index contributed by atoms with van der Waals surface area (Å²) in [6.45, 7) is 0. The maximum Gasteiger partial charge on any atom is 0.196 e. The molecule has 1 aromatic heterocycles. The van der Waals surface area contributed by atoms with Crippen molar-refractivity contribution in [3.63, 3.8) is 0 Å². The molecule has 0 atom stereocenters. The fraction of sp³-hybridized carbons (Fsp3) is 0.0952. The molecule has 3 aromatic rings. The monoisotopic (exact) mass is 325 g/mol. The molecule has 0 fully saturated rings. The second-order valence-corrected chi connectivity index (χ2v) is 6.20. The Hall–Kier alpha value is -3.45. The molecule has 0 bridgehead atoms. The molecule has 25 heavy (non-hydrogen) atoms. The van der Waals surface area contributed by atoms with Crippen LogP contribution in [0.2, 0.25) is 0 Å². The van der Waals surface area contributed by atoms with Gasteiger partial charge in [-0.15, -0.1) is 0 Å². The van der Waals surface area contributed by atoms with E-state index in [-0.39, 0.29) is 5.78 Å². The largest absolute Gasteiger partial charge is 0.378 e. The Morgan fingerprint density at radius 3 is 2.28 bits per heavy atom. The molecule has 4 heteroatoms. The summed E-state index contributed by atoms with van der Waals surface area (Å²) >= 11 is 0. The van der Waals surface area contributed by atoms with Gasteiger partial charge in [0, 0.05) is 42.7 Å². The van der Waals surface area contributed by atoms with E-state index >= 15 is 0 Å². The number of nitriles is 1. The third-order valence-electron chi connectivity index (χ3n) is 4.53. The molecule has 120 valence electrons. The minimum Gasteiger partial charge on any atom is -0.378 e. The number of fused-ring (bicyclic) bond motifs is 3. The van der Waals surface area contributed by atoms with Gasteiger partial charge in [0.15, 0.2) is 5.78 Å². The van der Waals surface area contributed by atoms with E-state index in [4.69, 9.17) is 0 Å². The maximum atomic E-state index is 13.0. The highest BCUT2D eigenvalue weighted by Crippen LogP contribution is 2.41. The highest BCUT2D eigenvalue weighted by Gasteiger charge is 2.32. The van der Waals surface area contributed by atoms with Gasteiger partial charge in [-0.1, -0.05) is 36.4 Å². The van der Waals surface area contributed by atoms with Crippen LogP contribution in [0.4, 0.5) is 5.69 Å². The molecular weight excluding hydrogens is 310 g/mol. The first-order valence-electron chi connectivity index (χ1n) is 7.96. The predicted octanol–water partition coefficient (Wildman–Crippen LogP) is 3.90. The van der Waals surface area contributed by atoms with Crippen molar-refractivity contribution in [1.82, 2.24) is 4.98 Å². The van der Waals surface area contributed by atoms with Crippen LogP contribution in [0.15, 0.2) is 54.7 Å². The maximum absolute atomic E-state index is 13.0. The molecule has 0 radical (unpaired) electrons. The molecule has 0 aliphatic heterocycles. The van der Waals surface area contributed by atoms with Crippen molar-refractivity contribution in [2.24, 2.45) is 0 Å². The van der Waals surface area contributed by atoms with Crippen molar-refractivity contribution in [2.75, 3.05) is 19.0 Å². The molecule has 4 rings (SSSR count). The lowest BCUT2D eigenvalue weighted by Crippen LogP contribution is -2.08. The van der Waals surface area contributed by atoms with Crippen molar-refractivity contribution >= 4 is 11.5 Å². The summed E-state index contributed by atoms with van der Waals surface area (Å²) in [5.74, 6) is -0.0677. The average Bonchev–Trinajstić information content (AvgIpc) is 2.94. The van der Waals surface area contributed by atoms with Gasteiger partial charge in [-0.2, -0.15) is 5.26 Å². The Morgan fingerprint density at radius 2 is 1.64 bits per heavy atom. The van der Waals surface area contributed by atoms with Gasteiger partial charge in [-0.05, 0) is 17.7 Å². The first-order chi connectivity index (χ1) is 12.1. The molecule has 0 saturated carbocycles. The van der Waals surface area contributed by atoms with Crippen LogP contribution in [0, 0.1) is 11.3 Å². The number of anilines is 1. The SMILES string of the molecule is CN(C)c1ccc(-c2c(C#N)cnc3c2C(=O)c2ccccc2-3)cc1. The summed E-state index contributed by atoms with van der Waals surface area (Å²) < 4.78 is 0. The molecule has 0 amide bonds. The fourth-order valence-corrected chi connectivity index (χ4v) is 3.27. The van der Waals surface area contributed by atoms with E-state index in [2.05, 4.69) is 11.1 Å². The van der Waals surface area contributed by atoms with E-state index < -0.39 is 0 Å². The molecule has 0 spiro atoms. The van der Waals surface area contributed by atoms with E-state index in [1.165, 1.54) is 0 Å². The van der Waals surface area contributed by atoms with Crippen molar-refractivity contribution in [1.29, 1.82) is 5.26 Å². The van der Waals surface area contributed by atoms with Crippen LogP contribution >= 0.6 is 0 Å². The van der Waals surface area contributed by atoms with Gasteiger partial charge in [0.05, 0.1) is 16.8 Å². The first kappa shape index (κ1) is 15.1. The van der Waals surface area contributed by atoms with Gasteiger partial charge < -0.3 is 4.90 Å². The molecule has 0 unspecified atom stereocenters. The van der Waals surface area contributed by atoms with Crippen LogP contribution < -0.4 is 4.90 Å². The van der Waals surface area contributed by atoms with Gasteiger partial charge in [0.2, 0.25) is 0 Å². The molecular formula is C21H15N3O. The lowest BCUT2D eigenvalue weighted by atomic mass is 9.94. The fourth-order valence-electron chi connectivity index (χ4n) is 3.27. The number of hydrogen-bond donors (Lipinski definition) is 0. The standard InChI is InChI=1S/C21H15N3O/c1-24(2)15-9-7-13(8-10-15)18-14(11-22)12-23-20-16-5-3-4-6-17(16)21(25)19(18)20/h3-10,12H,1-2H3. The molecule has 0 saturated heterocycles. The van der Waals surface area contributed by atoms with E-state index in [0.717, 1.165) is 16.8 Å². The van der Waals surface area contributed by atoms with Crippen LogP contribution in [0.5, 0.6) is 0 Å². The average molecular weight is 325 g/mol. The highest BCUT2D eigenvalue weighted by atomic mass is 16.1. The molecule has 1 heterocycles. The van der Waals surface area contributed by atoms with Gasteiger partial charge in [-0.3, -0.25) is 9.78 Å². The lowest BCUT2D eigenvalue weighted by Gasteiger charge is -2.14. The van der Waals surface area contributed by atoms with E-state index in [1.54, 1.807) is 6.20 Å². The number of hydrogen-bond acceptors (Lipinski definition) is 4.